The lowest BCUT2D eigenvalue weighted by Gasteiger charge is -2.12. The average Bonchev–Trinajstić information content (AvgIpc) is 2.21. The minimum absolute atomic E-state index is 0.0273. The van der Waals surface area contributed by atoms with Crippen LogP contribution in [0.3, 0.4) is 0 Å². The molecule has 0 saturated carbocycles. The minimum atomic E-state index is -5.13. The van der Waals surface area contributed by atoms with Gasteiger partial charge in [-0.1, -0.05) is 6.08 Å². The van der Waals surface area contributed by atoms with Gasteiger partial charge in [0.2, 0.25) is 0 Å². The van der Waals surface area contributed by atoms with Gasteiger partial charge in [0.25, 0.3) is 0 Å². The number of carbonyl (C=O) groups is 1. The van der Waals surface area contributed by atoms with Crippen LogP contribution in [-0.4, -0.2) is 38.3 Å². The van der Waals surface area contributed by atoms with Crippen molar-refractivity contribution in [3.05, 3.63) is 12.2 Å². The van der Waals surface area contributed by atoms with E-state index in [2.05, 4.69) is 8.83 Å². The number of phosphoric ester groups is 1. The van der Waals surface area contributed by atoms with Gasteiger partial charge in [-0.25, -0.2) is 9.13 Å². The van der Waals surface area contributed by atoms with E-state index in [1.165, 1.54) is 12.2 Å². The van der Waals surface area contributed by atoms with Crippen molar-refractivity contribution >= 4 is 21.4 Å². The molecule has 0 aromatic carbocycles. The van der Waals surface area contributed by atoms with Crippen LogP contribution in [0.1, 0.15) is 19.8 Å². The molecule has 2 unspecified atom stereocenters. The maximum atomic E-state index is 11.1. The lowest BCUT2D eigenvalue weighted by molar-refractivity contribution is -0.122. The first kappa shape index (κ1) is 18.6. The average molecular weight is 318 g/mol. The van der Waals surface area contributed by atoms with Crippen molar-refractivity contribution in [3.8, 4) is 0 Å². The molecule has 0 aliphatic heterocycles. The van der Waals surface area contributed by atoms with E-state index in [0.717, 1.165) is 0 Å². The largest absolute Gasteiger partial charge is 0.481 e. The summed E-state index contributed by atoms with van der Waals surface area (Å²) in [5, 5.41) is 9.32. The molecule has 4 N–H and O–H groups in total. The Kier molecular flexibility index (Phi) is 7.88. The van der Waals surface area contributed by atoms with Crippen molar-refractivity contribution in [1.82, 2.24) is 0 Å². The molecule has 0 saturated heterocycles. The second kappa shape index (κ2) is 8.04. The predicted molar refractivity (Wildman–Crippen MR) is 64.0 cm³/mol. The molecule has 112 valence electrons. The van der Waals surface area contributed by atoms with Crippen LogP contribution >= 0.6 is 15.6 Å². The van der Waals surface area contributed by atoms with Gasteiger partial charge in [-0.15, -0.1) is 0 Å². The number of phosphoric acid groups is 2. The van der Waals surface area contributed by atoms with Gasteiger partial charge in [-0.3, -0.25) is 9.32 Å². The summed E-state index contributed by atoms with van der Waals surface area (Å²) in [6.45, 7) is 1.20. The Bertz CT molecular complexity index is 412. The SMILES string of the molecule is CC=CC(=O)C(O)CCCOP(=O)(O)OP(=O)(O)O. The van der Waals surface area contributed by atoms with Gasteiger partial charge in [0, 0.05) is 0 Å². The highest BCUT2D eigenvalue weighted by Crippen LogP contribution is 2.57. The number of rotatable bonds is 9. The summed E-state index contributed by atoms with van der Waals surface area (Å²) in [6, 6.07) is 0. The lowest BCUT2D eigenvalue weighted by atomic mass is 10.1. The number of hydrogen-bond acceptors (Lipinski definition) is 6. The molecular weight excluding hydrogens is 302 g/mol. The quantitative estimate of drug-likeness (QED) is 0.270. The first-order valence-corrected chi connectivity index (χ1v) is 8.19. The summed E-state index contributed by atoms with van der Waals surface area (Å²) < 4.78 is 29.1. The van der Waals surface area contributed by atoms with E-state index in [1.54, 1.807) is 6.92 Å². The summed E-state index contributed by atoms with van der Waals surface area (Å²) in [6.07, 6.45) is 1.37. The van der Waals surface area contributed by atoms with Crippen LogP contribution in [0.4, 0.5) is 0 Å². The molecule has 0 radical (unpaired) electrons. The number of hydrogen-bond donors (Lipinski definition) is 4. The molecule has 0 amide bonds. The molecular formula is C8H16O9P2. The minimum Gasteiger partial charge on any atom is -0.385 e. The summed E-state index contributed by atoms with van der Waals surface area (Å²) in [4.78, 5) is 36.6. The van der Waals surface area contributed by atoms with E-state index in [9.17, 15) is 19.0 Å². The summed E-state index contributed by atoms with van der Waals surface area (Å²) in [5.74, 6) is -0.513. The van der Waals surface area contributed by atoms with Crippen LogP contribution in [0.25, 0.3) is 0 Å². The van der Waals surface area contributed by atoms with Gasteiger partial charge in [-0.05, 0) is 25.8 Å². The number of aliphatic hydroxyl groups excluding tert-OH is 1. The molecule has 19 heavy (non-hydrogen) atoms. The highest BCUT2D eigenvalue weighted by Gasteiger charge is 2.32. The fourth-order valence-corrected chi connectivity index (χ4v) is 2.66. The third-order valence-electron chi connectivity index (χ3n) is 1.75. The second-order valence-electron chi connectivity index (χ2n) is 3.43. The Morgan fingerprint density at radius 1 is 1.32 bits per heavy atom. The second-order valence-corrected chi connectivity index (χ2v) is 6.26. The van der Waals surface area contributed by atoms with Crippen LogP contribution in [0.15, 0.2) is 12.2 Å². The van der Waals surface area contributed by atoms with E-state index in [1.807, 2.05) is 0 Å². The molecule has 0 fully saturated rings. The third kappa shape index (κ3) is 10.1. The van der Waals surface area contributed by atoms with Gasteiger partial charge in [0.05, 0.1) is 6.61 Å². The fraction of sp³-hybridized carbons (Fsp3) is 0.625. The molecule has 0 rings (SSSR count). The Hall–Kier alpha value is -0.370. The molecule has 0 spiro atoms. The first-order valence-electron chi connectivity index (χ1n) is 5.16. The normalized spacial score (nSPS) is 17.3. The molecule has 0 aliphatic rings. The molecule has 9 nitrogen and oxygen atoms in total. The monoisotopic (exact) mass is 318 g/mol. The summed E-state index contributed by atoms with van der Waals surface area (Å²) >= 11 is 0. The Morgan fingerprint density at radius 3 is 2.37 bits per heavy atom. The molecule has 11 heteroatoms. The van der Waals surface area contributed by atoms with Gasteiger partial charge in [0.1, 0.15) is 6.10 Å². The third-order valence-corrected chi connectivity index (χ3v) is 3.93. The van der Waals surface area contributed by atoms with Crippen LogP contribution in [0.5, 0.6) is 0 Å². The van der Waals surface area contributed by atoms with Gasteiger partial charge in [-0.2, -0.15) is 4.31 Å². The van der Waals surface area contributed by atoms with Crippen LogP contribution in [-0.2, 0) is 22.8 Å². The predicted octanol–water partition coefficient (Wildman–Crippen LogP) is 0.499. The van der Waals surface area contributed by atoms with Crippen molar-refractivity contribution in [2.24, 2.45) is 0 Å². The molecule has 0 aromatic heterocycles. The summed E-state index contributed by atoms with van der Waals surface area (Å²) in [5.41, 5.74) is 0. The van der Waals surface area contributed by atoms with Crippen molar-refractivity contribution in [3.63, 3.8) is 0 Å². The first-order chi connectivity index (χ1) is 8.57. The van der Waals surface area contributed by atoms with E-state index in [4.69, 9.17) is 14.7 Å². The molecule has 0 bridgehead atoms. The molecule has 0 aromatic rings. The van der Waals surface area contributed by atoms with Crippen molar-refractivity contribution < 1.29 is 42.5 Å². The molecule has 0 heterocycles. The zero-order valence-electron chi connectivity index (χ0n) is 10.1. The standard InChI is InChI=1S/C8H16O9P2/c1-2-4-7(9)8(10)5-3-6-16-19(14,15)17-18(11,12)13/h2,4,8,10H,3,5-6H2,1H3,(H,14,15)(H2,11,12,13). The van der Waals surface area contributed by atoms with Crippen molar-refractivity contribution in [2.75, 3.05) is 6.61 Å². The van der Waals surface area contributed by atoms with Gasteiger partial charge >= 0.3 is 15.6 Å². The highest BCUT2D eigenvalue weighted by molar-refractivity contribution is 7.60. The highest BCUT2D eigenvalue weighted by atomic mass is 31.3. The number of allylic oxidation sites excluding steroid dienone is 1. The zero-order valence-corrected chi connectivity index (χ0v) is 11.9. The van der Waals surface area contributed by atoms with E-state index >= 15 is 0 Å². The number of carbonyl (C=O) groups excluding carboxylic acids is 1. The van der Waals surface area contributed by atoms with Gasteiger partial charge < -0.3 is 19.8 Å². The maximum Gasteiger partial charge on any atom is 0.481 e. The van der Waals surface area contributed by atoms with E-state index in [0.29, 0.717) is 0 Å². The van der Waals surface area contributed by atoms with E-state index in [-0.39, 0.29) is 12.8 Å². The van der Waals surface area contributed by atoms with Crippen LogP contribution < -0.4 is 0 Å². The Balaban J connectivity index is 4.01. The number of ketones is 1. The topological polar surface area (TPSA) is 151 Å². The number of aliphatic hydroxyl groups is 1. The fourth-order valence-electron chi connectivity index (χ4n) is 1.03. The van der Waals surface area contributed by atoms with Crippen molar-refractivity contribution in [1.29, 1.82) is 0 Å². The Morgan fingerprint density at radius 2 is 1.89 bits per heavy atom. The maximum absolute atomic E-state index is 11.1. The smallest absolute Gasteiger partial charge is 0.385 e. The van der Waals surface area contributed by atoms with E-state index < -0.39 is 34.1 Å². The zero-order chi connectivity index (χ0) is 15.1. The van der Waals surface area contributed by atoms with Gasteiger partial charge in [0.15, 0.2) is 5.78 Å². The Labute approximate surface area is 109 Å². The summed E-state index contributed by atoms with van der Waals surface area (Å²) in [7, 11) is -9.98. The molecule has 2 atom stereocenters. The molecule has 0 aliphatic carbocycles. The van der Waals surface area contributed by atoms with Crippen LogP contribution in [0, 0.1) is 0 Å². The van der Waals surface area contributed by atoms with Crippen LogP contribution in [0.2, 0.25) is 0 Å². The van der Waals surface area contributed by atoms with Crippen molar-refractivity contribution in [2.45, 2.75) is 25.9 Å². The lowest BCUT2D eigenvalue weighted by Crippen LogP contribution is -2.18.